The van der Waals surface area contributed by atoms with E-state index in [0.29, 0.717) is 13.1 Å². The summed E-state index contributed by atoms with van der Waals surface area (Å²) in [6, 6.07) is 9.50. The van der Waals surface area contributed by atoms with Gasteiger partial charge < -0.3 is 4.57 Å². The van der Waals surface area contributed by atoms with Crippen molar-refractivity contribution in [3.05, 3.63) is 59.5 Å². The Morgan fingerprint density at radius 1 is 1.08 bits per heavy atom. The quantitative estimate of drug-likeness (QED) is 0.744. The molecule has 0 saturated carbocycles. The highest BCUT2D eigenvalue weighted by Gasteiger charge is 2.24. The molecule has 1 aliphatic rings. The number of sulfonamides is 1. The fraction of sp³-hybridized carbons (Fsp3) is 0.421. The highest BCUT2D eigenvalue weighted by atomic mass is 32.2. The first-order valence-electron chi connectivity index (χ1n) is 9.04. The fourth-order valence-corrected chi connectivity index (χ4v) is 4.30. The lowest BCUT2D eigenvalue weighted by atomic mass is 10.2. The molecule has 6 nitrogen and oxygen atoms in total. The van der Waals surface area contributed by atoms with Crippen molar-refractivity contribution in [2.45, 2.75) is 19.9 Å². The third kappa shape index (κ3) is 4.81. The van der Waals surface area contributed by atoms with Gasteiger partial charge in [-0.1, -0.05) is 37.3 Å². The highest BCUT2D eigenvalue weighted by Crippen LogP contribution is 2.12. The van der Waals surface area contributed by atoms with E-state index in [1.807, 2.05) is 42.7 Å². The molecule has 0 unspecified atom stereocenters. The number of rotatable bonds is 7. The molecule has 0 radical (unpaired) electrons. The fourth-order valence-electron chi connectivity index (χ4n) is 3.13. The van der Waals surface area contributed by atoms with Crippen molar-refractivity contribution < 1.29 is 8.42 Å². The van der Waals surface area contributed by atoms with E-state index in [9.17, 15) is 8.42 Å². The lowest BCUT2D eigenvalue weighted by molar-refractivity contribution is 0.183. The number of aromatic nitrogens is 2. The molecule has 1 fully saturated rings. The summed E-state index contributed by atoms with van der Waals surface area (Å²) in [6.45, 7) is 6.49. The molecular formula is C19H26N4O2S. The van der Waals surface area contributed by atoms with Crippen LogP contribution in [0.3, 0.4) is 0 Å². The van der Waals surface area contributed by atoms with Crippen LogP contribution in [0.2, 0.25) is 0 Å². The van der Waals surface area contributed by atoms with Gasteiger partial charge in [0, 0.05) is 63.5 Å². The van der Waals surface area contributed by atoms with E-state index in [1.54, 1.807) is 10.4 Å². The third-order valence-corrected chi connectivity index (χ3v) is 6.26. The van der Waals surface area contributed by atoms with Gasteiger partial charge in [-0.2, -0.15) is 4.31 Å². The van der Waals surface area contributed by atoms with Gasteiger partial charge in [-0.15, -0.1) is 0 Å². The summed E-state index contributed by atoms with van der Waals surface area (Å²) in [5.74, 6) is 1.09. The third-order valence-electron chi connectivity index (χ3n) is 4.70. The molecule has 2 aromatic rings. The van der Waals surface area contributed by atoms with Gasteiger partial charge in [0.05, 0.1) is 0 Å². The normalized spacial score (nSPS) is 17.1. The molecule has 7 heteroatoms. The Balaban J connectivity index is 1.50. The van der Waals surface area contributed by atoms with E-state index in [2.05, 4.69) is 21.4 Å². The Kier molecular flexibility index (Phi) is 6.24. The zero-order valence-corrected chi connectivity index (χ0v) is 16.0. The van der Waals surface area contributed by atoms with Crippen LogP contribution in [0.1, 0.15) is 18.3 Å². The molecule has 1 saturated heterocycles. The zero-order chi connectivity index (χ0) is 18.4. The van der Waals surface area contributed by atoms with Crippen LogP contribution in [0.5, 0.6) is 0 Å². The van der Waals surface area contributed by atoms with Crippen LogP contribution in [0.15, 0.2) is 48.1 Å². The first-order chi connectivity index (χ1) is 12.6. The molecular weight excluding hydrogens is 348 g/mol. The maximum Gasteiger partial charge on any atom is 0.236 e. The van der Waals surface area contributed by atoms with Crippen LogP contribution in [0.25, 0.3) is 6.08 Å². The van der Waals surface area contributed by atoms with Gasteiger partial charge in [0.1, 0.15) is 5.82 Å². The van der Waals surface area contributed by atoms with E-state index in [1.165, 1.54) is 5.41 Å². The Morgan fingerprint density at radius 2 is 1.81 bits per heavy atom. The van der Waals surface area contributed by atoms with Gasteiger partial charge >= 0.3 is 0 Å². The Labute approximate surface area is 155 Å². The number of benzene rings is 1. The maximum atomic E-state index is 12.5. The molecule has 140 valence electrons. The summed E-state index contributed by atoms with van der Waals surface area (Å²) in [5, 5.41) is 1.32. The summed E-state index contributed by atoms with van der Waals surface area (Å²) in [7, 11) is -3.36. The molecule has 2 heterocycles. The average Bonchev–Trinajstić information content (AvgIpc) is 3.14. The largest absolute Gasteiger partial charge is 0.334 e. The van der Waals surface area contributed by atoms with Crippen LogP contribution in [0.4, 0.5) is 0 Å². The predicted octanol–water partition coefficient (Wildman–Crippen LogP) is 2.06. The van der Waals surface area contributed by atoms with Crippen molar-refractivity contribution in [2.24, 2.45) is 0 Å². The minimum atomic E-state index is -3.36. The van der Waals surface area contributed by atoms with Crippen molar-refractivity contribution in [1.82, 2.24) is 18.8 Å². The summed E-state index contributed by atoms with van der Waals surface area (Å²) in [5.41, 5.74) is 0.891. The van der Waals surface area contributed by atoms with Gasteiger partial charge in [-0.25, -0.2) is 13.4 Å². The average molecular weight is 375 g/mol. The van der Waals surface area contributed by atoms with Crippen molar-refractivity contribution in [2.75, 3.05) is 32.7 Å². The van der Waals surface area contributed by atoms with Crippen LogP contribution in [-0.4, -0.2) is 59.9 Å². The molecule has 3 rings (SSSR count). The van der Waals surface area contributed by atoms with Gasteiger partial charge in [-0.05, 0) is 11.6 Å². The second kappa shape index (κ2) is 8.62. The molecule has 0 atom stereocenters. The Morgan fingerprint density at radius 3 is 2.50 bits per heavy atom. The molecule has 1 aliphatic heterocycles. The van der Waals surface area contributed by atoms with Gasteiger partial charge in [0.25, 0.3) is 0 Å². The molecule has 0 spiro atoms. The summed E-state index contributed by atoms with van der Waals surface area (Å²) < 4.78 is 28.7. The van der Waals surface area contributed by atoms with Crippen LogP contribution in [0, 0.1) is 0 Å². The van der Waals surface area contributed by atoms with E-state index in [-0.39, 0.29) is 0 Å². The second-order valence-electron chi connectivity index (χ2n) is 6.39. The number of hydrogen-bond donors (Lipinski definition) is 0. The first kappa shape index (κ1) is 18.8. The van der Waals surface area contributed by atoms with Crippen molar-refractivity contribution >= 4 is 16.1 Å². The van der Waals surface area contributed by atoms with E-state index in [0.717, 1.165) is 44.0 Å². The minimum Gasteiger partial charge on any atom is -0.334 e. The number of nitrogens with zero attached hydrogens (tertiary/aromatic N) is 4. The summed E-state index contributed by atoms with van der Waals surface area (Å²) in [4.78, 5) is 6.65. The smallest absolute Gasteiger partial charge is 0.236 e. The van der Waals surface area contributed by atoms with Crippen LogP contribution in [-0.2, 0) is 23.0 Å². The molecule has 1 aromatic heterocycles. The molecule has 0 amide bonds. The number of hydrogen-bond acceptors (Lipinski definition) is 4. The standard InChI is InChI=1S/C19H26N4O2S/c1-2-19-20-9-10-22(19)14-11-21-12-15-23(16-13-21)26(24,25)17-8-18-6-4-3-5-7-18/h3-10,17H,2,11-16H2,1H3/b17-8+. The number of imidazole rings is 1. The van der Waals surface area contributed by atoms with Crippen molar-refractivity contribution in [3.8, 4) is 0 Å². The lowest BCUT2D eigenvalue weighted by Crippen LogP contribution is -2.48. The Hall–Kier alpha value is -1.96. The number of piperazine rings is 1. The van der Waals surface area contributed by atoms with Crippen molar-refractivity contribution in [1.29, 1.82) is 0 Å². The lowest BCUT2D eigenvalue weighted by Gasteiger charge is -2.33. The highest BCUT2D eigenvalue weighted by molar-refractivity contribution is 7.92. The predicted molar refractivity (Wildman–Crippen MR) is 104 cm³/mol. The monoisotopic (exact) mass is 374 g/mol. The minimum absolute atomic E-state index is 0.534. The van der Waals surface area contributed by atoms with Crippen LogP contribution < -0.4 is 0 Å². The Bertz CT molecular complexity index is 822. The topological polar surface area (TPSA) is 58.4 Å². The zero-order valence-electron chi connectivity index (χ0n) is 15.2. The van der Waals surface area contributed by atoms with Crippen molar-refractivity contribution in [3.63, 3.8) is 0 Å². The number of aryl methyl sites for hydroxylation is 1. The molecule has 26 heavy (non-hydrogen) atoms. The van der Waals surface area contributed by atoms with Crippen LogP contribution >= 0.6 is 0 Å². The maximum absolute atomic E-state index is 12.5. The first-order valence-corrected chi connectivity index (χ1v) is 10.5. The summed E-state index contributed by atoms with van der Waals surface area (Å²) >= 11 is 0. The van der Waals surface area contributed by atoms with E-state index < -0.39 is 10.0 Å². The van der Waals surface area contributed by atoms with E-state index >= 15 is 0 Å². The molecule has 1 aromatic carbocycles. The van der Waals surface area contributed by atoms with Gasteiger partial charge in [0.2, 0.25) is 10.0 Å². The molecule has 0 bridgehead atoms. The van der Waals surface area contributed by atoms with Gasteiger partial charge in [0.15, 0.2) is 0 Å². The SMILES string of the molecule is CCc1nccn1CCN1CCN(S(=O)(=O)/C=C/c2ccccc2)CC1. The van der Waals surface area contributed by atoms with E-state index in [4.69, 9.17) is 0 Å². The molecule has 0 N–H and O–H groups in total. The van der Waals surface area contributed by atoms with Gasteiger partial charge in [-0.3, -0.25) is 4.90 Å². The molecule has 0 aliphatic carbocycles. The second-order valence-corrected chi connectivity index (χ2v) is 8.21. The summed E-state index contributed by atoms with van der Waals surface area (Å²) in [6.07, 6.45) is 6.43.